The third-order valence-electron chi connectivity index (χ3n) is 2.71. The monoisotopic (exact) mass is 372 g/mol. The minimum Gasteiger partial charge on any atom is -0.336 e. The first-order chi connectivity index (χ1) is 9.46. The number of benzene rings is 1. The molecule has 0 bridgehead atoms. The fourth-order valence-electron chi connectivity index (χ4n) is 1.59. The molecule has 1 aromatic carbocycles. The number of carbonyl (C=O) groups is 1. The number of hydrogen-bond donors (Lipinski definition) is 1. The Kier molecular flexibility index (Phi) is 5.91. The van der Waals surface area contributed by atoms with Crippen LogP contribution in [0.3, 0.4) is 0 Å². The van der Waals surface area contributed by atoms with Crippen LogP contribution in [-0.4, -0.2) is 35.6 Å². The summed E-state index contributed by atoms with van der Waals surface area (Å²) in [6.45, 7) is 3.04. The van der Waals surface area contributed by atoms with Gasteiger partial charge in [0, 0.05) is 14.0 Å². The summed E-state index contributed by atoms with van der Waals surface area (Å²) in [5.41, 5.74) is 0.913. The van der Waals surface area contributed by atoms with Gasteiger partial charge in [0.15, 0.2) is 0 Å². The zero-order valence-electron chi connectivity index (χ0n) is 11.6. The van der Waals surface area contributed by atoms with E-state index < -0.39 is 25.9 Å². The van der Waals surface area contributed by atoms with E-state index in [2.05, 4.69) is 5.32 Å². The minimum absolute atomic E-state index is 0.0419. The lowest BCUT2D eigenvalue weighted by Crippen LogP contribution is -2.55. The number of rotatable bonds is 4. The van der Waals surface area contributed by atoms with E-state index in [0.29, 0.717) is 0 Å². The summed E-state index contributed by atoms with van der Waals surface area (Å²) in [6, 6.07) is 6.21. The van der Waals surface area contributed by atoms with Gasteiger partial charge in [0.2, 0.25) is 19.7 Å². The molecule has 0 aliphatic carbocycles. The third-order valence-corrected chi connectivity index (χ3v) is 5.17. The van der Waals surface area contributed by atoms with Gasteiger partial charge in [-0.25, -0.2) is 8.42 Å². The fraction of sp³-hybridized carbons (Fsp3) is 0.417. The maximum atomic E-state index is 12.5. The van der Waals surface area contributed by atoms with Crippen LogP contribution in [0.1, 0.15) is 12.5 Å². The zero-order valence-corrected chi connectivity index (χ0v) is 14.7. The summed E-state index contributed by atoms with van der Waals surface area (Å²) in [5.74, 6) is -0.516. The van der Waals surface area contributed by atoms with Crippen LogP contribution in [0.4, 0.5) is 0 Å². The van der Waals surface area contributed by atoms with E-state index in [1.54, 1.807) is 12.1 Å². The summed E-state index contributed by atoms with van der Waals surface area (Å²) >= 11 is 17.3. The molecule has 0 radical (unpaired) electrons. The molecule has 0 aliphatic heterocycles. The number of halogens is 3. The first-order valence-corrected chi connectivity index (χ1v) is 8.42. The molecule has 0 aliphatic rings. The summed E-state index contributed by atoms with van der Waals surface area (Å²) in [5, 5.41) is 2.32. The van der Waals surface area contributed by atoms with Crippen molar-refractivity contribution in [1.82, 2.24) is 9.62 Å². The average molecular weight is 374 g/mol. The van der Waals surface area contributed by atoms with Crippen LogP contribution in [0, 0.1) is 6.92 Å². The van der Waals surface area contributed by atoms with Crippen LogP contribution in [-0.2, 0) is 14.8 Å². The van der Waals surface area contributed by atoms with Crippen LogP contribution in [0.5, 0.6) is 0 Å². The van der Waals surface area contributed by atoms with Crippen molar-refractivity contribution in [2.75, 3.05) is 7.05 Å². The van der Waals surface area contributed by atoms with Gasteiger partial charge >= 0.3 is 0 Å². The maximum Gasteiger partial charge on any atom is 0.244 e. The second kappa shape index (κ2) is 6.71. The van der Waals surface area contributed by atoms with Gasteiger partial charge in [-0.3, -0.25) is 4.79 Å². The number of sulfonamides is 1. The molecule has 0 fully saturated rings. The third kappa shape index (κ3) is 4.72. The quantitative estimate of drug-likeness (QED) is 0.651. The predicted octanol–water partition coefficient (Wildman–Crippen LogP) is 2.45. The topological polar surface area (TPSA) is 66.5 Å². The van der Waals surface area contributed by atoms with Crippen LogP contribution < -0.4 is 5.32 Å². The van der Waals surface area contributed by atoms with Crippen molar-refractivity contribution in [2.45, 2.75) is 28.7 Å². The van der Waals surface area contributed by atoms with Crippen molar-refractivity contribution in [2.24, 2.45) is 0 Å². The van der Waals surface area contributed by atoms with Crippen molar-refractivity contribution in [3.8, 4) is 0 Å². The molecule has 0 saturated heterocycles. The first kappa shape index (κ1) is 18.5. The number of nitrogens with one attached hydrogen (secondary N) is 1. The highest BCUT2D eigenvalue weighted by Gasteiger charge is 2.41. The molecule has 1 rings (SSSR count). The van der Waals surface area contributed by atoms with E-state index >= 15 is 0 Å². The van der Waals surface area contributed by atoms with Gasteiger partial charge in [0.05, 0.1) is 4.90 Å². The average Bonchev–Trinajstić information content (AvgIpc) is 2.34. The Balaban J connectivity index is 3.21. The lowest BCUT2D eigenvalue weighted by atomic mass is 10.2. The second-order valence-corrected chi connectivity index (χ2v) is 8.85. The zero-order chi connectivity index (χ0) is 16.4. The molecule has 0 unspecified atom stereocenters. The van der Waals surface area contributed by atoms with Crippen LogP contribution >= 0.6 is 34.8 Å². The van der Waals surface area contributed by atoms with Crippen molar-refractivity contribution in [3.63, 3.8) is 0 Å². The van der Waals surface area contributed by atoms with E-state index in [1.165, 1.54) is 26.1 Å². The number of nitrogens with zero attached hydrogens (tertiary/aromatic N) is 1. The van der Waals surface area contributed by atoms with E-state index in [9.17, 15) is 13.2 Å². The van der Waals surface area contributed by atoms with E-state index in [4.69, 9.17) is 34.8 Å². The van der Waals surface area contributed by atoms with Crippen LogP contribution in [0.2, 0.25) is 0 Å². The van der Waals surface area contributed by atoms with Crippen molar-refractivity contribution >= 4 is 50.7 Å². The summed E-state index contributed by atoms with van der Waals surface area (Å²) in [4.78, 5) is 11.2. The fourth-order valence-corrected chi connectivity index (χ4v) is 3.66. The van der Waals surface area contributed by atoms with Gasteiger partial charge in [-0.05, 0) is 19.1 Å². The van der Waals surface area contributed by atoms with Gasteiger partial charge in [-0.2, -0.15) is 4.31 Å². The Hall–Kier alpha value is -0.530. The van der Waals surface area contributed by atoms with Gasteiger partial charge in [0.1, 0.15) is 6.17 Å². The molecular formula is C12H15Cl3N2O3S. The van der Waals surface area contributed by atoms with E-state index in [-0.39, 0.29) is 4.90 Å². The van der Waals surface area contributed by atoms with Gasteiger partial charge in [-0.1, -0.05) is 52.5 Å². The van der Waals surface area contributed by atoms with Crippen molar-refractivity contribution in [1.29, 1.82) is 0 Å². The molecule has 0 heterocycles. The number of amides is 1. The molecule has 1 atom stereocenters. The molecule has 1 aromatic rings. The Bertz CT molecular complexity index is 612. The molecule has 118 valence electrons. The molecule has 1 N–H and O–H groups in total. The lowest BCUT2D eigenvalue weighted by Gasteiger charge is -2.32. The summed E-state index contributed by atoms with van der Waals surface area (Å²) in [6.07, 6.45) is -1.33. The molecular weight excluding hydrogens is 359 g/mol. The van der Waals surface area contributed by atoms with Crippen LogP contribution in [0.15, 0.2) is 29.2 Å². The molecule has 0 aromatic heterocycles. The Morgan fingerprint density at radius 1 is 1.24 bits per heavy atom. The second-order valence-electron chi connectivity index (χ2n) is 4.48. The summed E-state index contributed by atoms with van der Waals surface area (Å²) in [7, 11) is -2.68. The largest absolute Gasteiger partial charge is 0.336 e. The highest BCUT2D eigenvalue weighted by Crippen LogP contribution is 2.33. The lowest BCUT2D eigenvalue weighted by molar-refractivity contribution is -0.120. The molecule has 9 heteroatoms. The Morgan fingerprint density at radius 3 is 2.10 bits per heavy atom. The predicted molar refractivity (Wildman–Crippen MR) is 84.0 cm³/mol. The molecule has 5 nitrogen and oxygen atoms in total. The summed E-state index contributed by atoms with van der Waals surface area (Å²) < 4.78 is 23.8. The number of aryl methyl sites for hydroxylation is 1. The first-order valence-electron chi connectivity index (χ1n) is 5.85. The SMILES string of the molecule is CC(=O)N[C@H](N(C)S(=O)(=O)c1ccc(C)cc1)C(Cl)(Cl)Cl. The Labute approximate surface area is 139 Å². The molecule has 21 heavy (non-hydrogen) atoms. The molecule has 0 saturated carbocycles. The highest BCUT2D eigenvalue weighted by molar-refractivity contribution is 7.89. The number of hydrogen-bond acceptors (Lipinski definition) is 3. The van der Waals surface area contributed by atoms with Crippen molar-refractivity contribution < 1.29 is 13.2 Å². The maximum absolute atomic E-state index is 12.5. The molecule has 1 amide bonds. The van der Waals surface area contributed by atoms with Gasteiger partial charge < -0.3 is 5.32 Å². The number of alkyl halides is 3. The van der Waals surface area contributed by atoms with Gasteiger partial charge in [-0.15, -0.1) is 0 Å². The van der Waals surface area contributed by atoms with Gasteiger partial charge in [0.25, 0.3) is 0 Å². The highest BCUT2D eigenvalue weighted by atomic mass is 35.6. The Morgan fingerprint density at radius 2 is 1.71 bits per heavy atom. The minimum atomic E-state index is -3.92. The van der Waals surface area contributed by atoms with E-state index in [1.807, 2.05) is 6.92 Å². The smallest absolute Gasteiger partial charge is 0.244 e. The van der Waals surface area contributed by atoms with E-state index in [0.717, 1.165) is 9.87 Å². The standard InChI is InChI=1S/C12H15Cl3N2O3S/c1-8-4-6-10(7-5-8)21(19,20)17(3)11(12(13,14)15)16-9(2)18/h4-7,11H,1-3H3,(H,16,18)/t11-/m1/s1. The normalized spacial score (nSPS) is 14.0. The molecule has 0 spiro atoms. The van der Waals surface area contributed by atoms with Crippen LogP contribution in [0.25, 0.3) is 0 Å². The van der Waals surface area contributed by atoms with Crippen molar-refractivity contribution in [3.05, 3.63) is 29.8 Å². The number of carbonyl (C=O) groups excluding carboxylic acids is 1.